The van der Waals surface area contributed by atoms with Gasteiger partial charge in [0.25, 0.3) is 6.01 Å². The first-order valence-corrected chi connectivity index (χ1v) is 5.50. The molecule has 1 N–H and O–H groups in total. The van der Waals surface area contributed by atoms with E-state index in [9.17, 15) is 0 Å². The third-order valence-corrected chi connectivity index (χ3v) is 2.74. The van der Waals surface area contributed by atoms with E-state index in [1.807, 2.05) is 12.1 Å². The lowest BCUT2D eigenvalue weighted by Crippen LogP contribution is -1.91. The maximum atomic E-state index is 6.06. The summed E-state index contributed by atoms with van der Waals surface area (Å²) in [6.45, 7) is 0. The molecule has 1 aromatic heterocycles. The van der Waals surface area contributed by atoms with Crippen LogP contribution in [0.4, 0.5) is 6.01 Å². The van der Waals surface area contributed by atoms with E-state index in [1.54, 1.807) is 19.4 Å². The van der Waals surface area contributed by atoms with E-state index < -0.39 is 0 Å². The van der Waals surface area contributed by atoms with Crippen LogP contribution in [0, 0.1) is 0 Å². The third-order valence-electron chi connectivity index (χ3n) is 2.15. The standard InChI is InChI=1S/C11H10Cl2N2O/c1-14-11-15-9(6-16-11)4-7-2-3-8(12)5-10(7)13/h2-3,5-6H,4H2,1H3,(H,14,15). The van der Waals surface area contributed by atoms with Crippen molar-refractivity contribution in [3.8, 4) is 0 Å². The van der Waals surface area contributed by atoms with Gasteiger partial charge < -0.3 is 9.73 Å². The number of hydrogen-bond acceptors (Lipinski definition) is 3. The summed E-state index contributed by atoms with van der Waals surface area (Å²) in [5.41, 5.74) is 1.80. The number of benzene rings is 1. The first-order chi connectivity index (χ1) is 7.69. The highest BCUT2D eigenvalue weighted by molar-refractivity contribution is 6.35. The second kappa shape index (κ2) is 4.76. The third kappa shape index (κ3) is 2.49. The van der Waals surface area contributed by atoms with Crippen molar-refractivity contribution in [2.45, 2.75) is 6.42 Å². The molecule has 0 fully saturated rings. The molecular weight excluding hydrogens is 247 g/mol. The summed E-state index contributed by atoms with van der Waals surface area (Å²) in [6, 6.07) is 5.91. The highest BCUT2D eigenvalue weighted by Crippen LogP contribution is 2.23. The van der Waals surface area contributed by atoms with Crippen LogP contribution in [-0.4, -0.2) is 12.0 Å². The zero-order chi connectivity index (χ0) is 11.5. The van der Waals surface area contributed by atoms with Gasteiger partial charge in [0.1, 0.15) is 6.26 Å². The van der Waals surface area contributed by atoms with Crippen molar-refractivity contribution in [3.05, 3.63) is 45.8 Å². The lowest BCUT2D eigenvalue weighted by atomic mass is 10.1. The van der Waals surface area contributed by atoms with E-state index in [2.05, 4.69) is 10.3 Å². The Morgan fingerprint density at radius 2 is 2.19 bits per heavy atom. The van der Waals surface area contributed by atoms with Crippen LogP contribution in [0.15, 0.2) is 28.9 Å². The number of rotatable bonds is 3. The number of aromatic nitrogens is 1. The van der Waals surface area contributed by atoms with Gasteiger partial charge in [-0.05, 0) is 17.7 Å². The van der Waals surface area contributed by atoms with Crippen molar-refractivity contribution >= 4 is 29.2 Å². The number of halogens is 2. The van der Waals surface area contributed by atoms with Gasteiger partial charge in [0, 0.05) is 23.5 Å². The average molecular weight is 257 g/mol. The van der Waals surface area contributed by atoms with Gasteiger partial charge in [-0.2, -0.15) is 4.98 Å². The summed E-state index contributed by atoms with van der Waals surface area (Å²) in [5, 5.41) is 4.09. The molecule has 1 aromatic carbocycles. The second-order valence-corrected chi connectivity index (χ2v) is 4.15. The van der Waals surface area contributed by atoms with Crippen LogP contribution in [0.2, 0.25) is 10.0 Å². The fraction of sp³-hybridized carbons (Fsp3) is 0.182. The molecule has 84 valence electrons. The fourth-order valence-corrected chi connectivity index (χ4v) is 1.84. The zero-order valence-corrected chi connectivity index (χ0v) is 10.1. The van der Waals surface area contributed by atoms with E-state index in [4.69, 9.17) is 27.6 Å². The summed E-state index contributed by atoms with van der Waals surface area (Å²) in [5.74, 6) is 0. The summed E-state index contributed by atoms with van der Waals surface area (Å²) >= 11 is 11.9. The Kier molecular flexibility index (Phi) is 3.36. The van der Waals surface area contributed by atoms with Gasteiger partial charge in [-0.3, -0.25) is 0 Å². The van der Waals surface area contributed by atoms with Gasteiger partial charge in [-0.15, -0.1) is 0 Å². The Morgan fingerprint density at radius 3 is 2.81 bits per heavy atom. The van der Waals surface area contributed by atoms with Gasteiger partial charge in [0.15, 0.2) is 0 Å². The molecule has 16 heavy (non-hydrogen) atoms. The van der Waals surface area contributed by atoms with Crippen LogP contribution < -0.4 is 5.32 Å². The number of oxazole rings is 1. The summed E-state index contributed by atoms with van der Waals surface area (Å²) < 4.78 is 5.16. The largest absolute Gasteiger partial charge is 0.432 e. The predicted octanol–water partition coefficient (Wildman–Crippen LogP) is 3.61. The molecule has 0 radical (unpaired) electrons. The van der Waals surface area contributed by atoms with Gasteiger partial charge >= 0.3 is 0 Å². The van der Waals surface area contributed by atoms with E-state index in [0.717, 1.165) is 11.3 Å². The Bertz CT molecular complexity index is 496. The minimum Gasteiger partial charge on any atom is -0.432 e. The molecular formula is C11H10Cl2N2O. The molecule has 0 atom stereocenters. The average Bonchev–Trinajstić information content (AvgIpc) is 2.70. The molecule has 0 aliphatic rings. The topological polar surface area (TPSA) is 38.1 Å². The zero-order valence-electron chi connectivity index (χ0n) is 8.63. The molecule has 0 amide bonds. The molecule has 0 bridgehead atoms. The molecule has 3 nitrogen and oxygen atoms in total. The molecule has 1 heterocycles. The van der Waals surface area contributed by atoms with Crippen molar-refractivity contribution in [3.63, 3.8) is 0 Å². The SMILES string of the molecule is CNc1nc(Cc2ccc(Cl)cc2Cl)co1. The van der Waals surface area contributed by atoms with Crippen molar-refractivity contribution in [1.29, 1.82) is 0 Å². The van der Waals surface area contributed by atoms with Gasteiger partial charge in [-0.1, -0.05) is 29.3 Å². The predicted molar refractivity (Wildman–Crippen MR) is 65.3 cm³/mol. The first kappa shape index (κ1) is 11.3. The number of anilines is 1. The van der Waals surface area contributed by atoms with Crippen LogP contribution in [0.25, 0.3) is 0 Å². The maximum Gasteiger partial charge on any atom is 0.294 e. The minimum atomic E-state index is 0.500. The Balaban J connectivity index is 2.20. The van der Waals surface area contributed by atoms with Crippen LogP contribution in [0.3, 0.4) is 0 Å². The molecule has 0 unspecified atom stereocenters. The highest BCUT2D eigenvalue weighted by Gasteiger charge is 2.06. The van der Waals surface area contributed by atoms with Crippen molar-refractivity contribution in [2.75, 3.05) is 12.4 Å². The number of nitrogens with one attached hydrogen (secondary N) is 1. The Labute approximate surface area is 103 Å². The van der Waals surface area contributed by atoms with E-state index in [0.29, 0.717) is 22.5 Å². The smallest absolute Gasteiger partial charge is 0.294 e. The molecule has 0 aliphatic heterocycles. The van der Waals surface area contributed by atoms with Gasteiger partial charge in [0.2, 0.25) is 0 Å². The quantitative estimate of drug-likeness (QED) is 0.912. The molecule has 2 rings (SSSR count). The van der Waals surface area contributed by atoms with Crippen LogP contribution in [0.1, 0.15) is 11.3 Å². The molecule has 0 saturated heterocycles. The van der Waals surface area contributed by atoms with Crippen molar-refractivity contribution in [1.82, 2.24) is 4.98 Å². The highest BCUT2D eigenvalue weighted by atomic mass is 35.5. The number of hydrogen-bond donors (Lipinski definition) is 1. The molecule has 2 aromatic rings. The lowest BCUT2D eigenvalue weighted by Gasteiger charge is -2.01. The van der Waals surface area contributed by atoms with E-state index in [1.165, 1.54) is 0 Å². The van der Waals surface area contributed by atoms with Crippen LogP contribution in [0.5, 0.6) is 0 Å². The molecule has 0 saturated carbocycles. The van der Waals surface area contributed by atoms with Crippen LogP contribution in [-0.2, 0) is 6.42 Å². The normalized spacial score (nSPS) is 10.4. The Hall–Kier alpha value is -1.19. The molecule has 0 aliphatic carbocycles. The lowest BCUT2D eigenvalue weighted by molar-refractivity contribution is 0.574. The second-order valence-electron chi connectivity index (χ2n) is 3.31. The molecule has 5 heteroatoms. The van der Waals surface area contributed by atoms with E-state index >= 15 is 0 Å². The summed E-state index contributed by atoms with van der Waals surface area (Å²) in [4.78, 5) is 4.22. The monoisotopic (exact) mass is 256 g/mol. The van der Waals surface area contributed by atoms with Crippen molar-refractivity contribution in [2.24, 2.45) is 0 Å². The summed E-state index contributed by atoms with van der Waals surface area (Å²) in [6.07, 6.45) is 2.23. The summed E-state index contributed by atoms with van der Waals surface area (Å²) in [7, 11) is 1.75. The van der Waals surface area contributed by atoms with E-state index in [-0.39, 0.29) is 0 Å². The number of nitrogens with zero attached hydrogens (tertiary/aromatic N) is 1. The Morgan fingerprint density at radius 1 is 1.38 bits per heavy atom. The first-order valence-electron chi connectivity index (χ1n) is 4.75. The van der Waals surface area contributed by atoms with Gasteiger partial charge in [-0.25, -0.2) is 0 Å². The fourth-order valence-electron chi connectivity index (χ4n) is 1.36. The van der Waals surface area contributed by atoms with Gasteiger partial charge in [0.05, 0.1) is 5.69 Å². The maximum absolute atomic E-state index is 6.06. The van der Waals surface area contributed by atoms with Crippen LogP contribution >= 0.6 is 23.2 Å². The minimum absolute atomic E-state index is 0.500. The van der Waals surface area contributed by atoms with Crippen molar-refractivity contribution < 1.29 is 4.42 Å². The molecule has 0 spiro atoms.